The lowest BCUT2D eigenvalue weighted by molar-refractivity contribution is -0.114. The van der Waals surface area contributed by atoms with Gasteiger partial charge in [-0.2, -0.15) is 0 Å². The third-order valence-electron chi connectivity index (χ3n) is 1.42. The fraction of sp³-hybridized carbons (Fsp3) is 0.750. The Labute approximate surface area is 83.7 Å². The summed E-state index contributed by atoms with van der Waals surface area (Å²) in [5, 5.41) is 0. The molecule has 4 heteroatoms. The number of carbonyl (C=O) groups is 1. The van der Waals surface area contributed by atoms with Crippen molar-refractivity contribution < 1.29 is 4.79 Å². The highest BCUT2D eigenvalue weighted by atomic mass is 32.2. The van der Waals surface area contributed by atoms with Crippen molar-refractivity contribution in [2.45, 2.75) is 20.8 Å². The highest BCUT2D eigenvalue weighted by Gasteiger charge is 2.06. The minimum Gasteiger partial charge on any atom is -0.358 e. The molecule has 0 atom stereocenters. The summed E-state index contributed by atoms with van der Waals surface area (Å²) in [4.78, 5) is 12.7. The molecular weight excluding hydrogens is 190 g/mol. The molecule has 12 heavy (non-hydrogen) atoms. The van der Waals surface area contributed by atoms with Gasteiger partial charge in [0.25, 0.3) is 0 Å². The van der Waals surface area contributed by atoms with Gasteiger partial charge in [-0.25, -0.2) is 0 Å². The van der Waals surface area contributed by atoms with Crippen LogP contribution < -0.4 is 0 Å². The van der Waals surface area contributed by atoms with Gasteiger partial charge in [0.2, 0.25) is 0 Å². The van der Waals surface area contributed by atoms with E-state index in [1.54, 1.807) is 6.92 Å². The number of thioether (sulfide) groups is 1. The standard InChI is InChI=1S/C8H15NOS2/c1-4-9(5-2)8(11)12-6-7(3)10/h4-6H2,1-3H3. The molecule has 0 fully saturated rings. The molecule has 0 N–H and O–H groups in total. The summed E-state index contributed by atoms with van der Waals surface area (Å²) in [6, 6.07) is 0. The Morgan fingerprint density at radius 1 is 1.42 bits per heavy atom. The summed E-state index contributed by atoms with van der Waals surface area (Å²) in [6.45, 7) is 7.53. The van der Waals surface area contributed by atoms with Gasteiger partial charge in [0.1, 0.15) is 10.1 Å². The maximum Gasteiger partial charge on any atom is 0.140 e. The molecule has 0 aromatic carbocycles. The van der Waals surface area contributed by atoms with Crippen molar-refractivity contribution in [2.24, 2.45) is 0 Å². The number of thiocarbonyl (C=S) groups is 1. The molecule has 2 nitrogen and oxygen atoms in total. The molecule has 0 heterocycles. The summed E-state index contributed by atoms with van der Waals surface area (Å²) in [5.41, 5.74) is 0. The van der Waals surface area contributed by atoms with Crippen molar-refractivity contribution in [3.05, 3.63) is 0 Å². The molecule has 0 radical (unpaired) electrons. The molecule has 70 valence electrons. The Morgan fingerprint density at radius 3 is 2.25 bits per heavy atom. The van der Waals surface area contributed by atoms with Crippen LogP contribution in [-0.4, -0.2) is 33.8 Å². The molecule has 0 saturated heterocycles. The Morgan fingerprint density at radius 2 is 1.92 bits per heavy atom. The lowest BCUT2D eigenvalue weighted by Crippen LogP contribution is -2.27. The Kier molecular flexibility index (Phi) is 6.38. The third-order valence-corrected chi connectivity index (χ3v) is 3.09. The molecule has 0 aromatic heterocycles. The van der Waals surface area contributed by atoms with E-state index in [2.05, 4.69) is 18.7 Å². The molecule has 0 aromatic rings. The Bertz CT molecular complexity index is 166. The number of nitrogens with zero attached hydrogens (tertiary/aromatic N) is 1. The lowest BCUT2D eigenvalue weighted by atomic mass is 10.5. The SMILES string of the molecule is CCN(CC)C(=S)SCC(C)=O. The number of rotatable bonds is 4. The summed E-state index contributed by atoms with van der Waals surface area (Å²) in [7, 11) is 0. The second kappa shape index (κ2) is 6.43. The van der Waals surface area contributed by atoms with Crippen LogP contribution in [0.2, 0.25) is 0 Å². The van der Waals surface area contributed by atoms with Gasteiger partial charge in [-0.3, -0.25) is 4.79 Å². The van der Waals surface area contributed by atoms with E-state index in [1.807, 2.05) is 0 Å². The zero-order valence-electron chi connectivity index (χ0n) is 7.79. The van der Waals surface area contributed by atoms with Gasteiger partial charge in [0.15, 0.2) is 0 Å². The molecule has 0 saturated carbocycles. The van der Waals surface area contributed by atoms with Gasteiger partial charge >= 0.3 is 0 Å². The first-order chi connectivity index (χ1) is 5.61. The van der Waals surface area contributed by atoms with E-state index < -0.39 is 0 Å². The predicted octanol–water partition coefficient (Wildman–Crippen LogP) is 1.94. The van der Waals surface area contributed by atoms with E-state index in [1.165, 1.54) is 11.8 Å². The molecule has 0 aliphatic rings. The first-order valence-corrected chi connectivity index (χ1v) is 5.42. The van der Waals surface area contributed by atoms with Crippen molar-refractivity contribution in [1.82, 2.24) is 4.90 Å². The maximum atomic E-state index is 10.6. The number of carbonyl (C=O) groups excluding carboxylic acids is 1. The molecule has 0 bridgehead atoms. The molecule has 0 unspecified atom stereocenters. The number of Topliss-reactive ketones (excluding diaryl/α,β-unsaturated/α-hetero) is 1. The quantitative estimate of drug-likeness (QED) is 0.653. The summed E-state index contributed by atoms with van der Waals surface area (Å²) >= 11 is 6.58. The summed E-state index contributed by atoms with van der Waals surface area (Å²) in [5.74, 6) is 0.671. The van der Waals surface area contributed by atoms with E-state index in [0.29, 0.717) is 5.75 Å². The zero-order chi connectivity index (χ0) is 9.56. The molecule has 0 aliphatic heterocycles. The van der Waals surface area contributed by atoms with Gasteiger partial charge in [0.05, 0.1) is 5.75 Å². The van der Waals surface area contributed by atoms with E-state index in [0.717, 1.165) is 17.4 Å². The number of ketones is 1. The average molecular weight is 205 g/mol. The van der Waals surface area contributed by atoms with Crippen LogP contribution in [0.5, 0.6) is 0 Å². The summed E-state index contributed by atoms with van der Waals surface area (Å²) in [6.07, 6.45) is 0. The second-order valence-electron chi connectivity index (χ2n) is 2.43. The van der Waals surface area contributed by atoms with Crippen molar-refractivity contribution in [3.63, 3.8) is 0 Å². The molecule has 0 rings (SSSR count). The molecule has 0 spiro atoms. The third kappa shape index (κ3) is 4.72. The first-order valence-electron chi connectivity index (χ1n) is 4.02. The van der Waals surface area contributed by atoms with E-state index in [9.17, 15) is 4.79 Å². The van der Waals surface area contributed by atoms with Crippen LogP contribution in [0.3, 0.4) is 0 Å². The van der Waals surface area contributed by atoms with E-state index >= 15 is 0 Å². The number of hydrogen-bond donors (Lipinski definition) is 0. The van der Waals surface area contributed by atoms with Crippen LogP contribution in [0, 0.1) is 0 Å². The lowest BCUT2D eigenvalue weighted by Gasteiger charge is -2.20. The molecule has 0 amide bonds. The van der Waals surface area contributed by atoms with Gasteiger partial charge < -0.3 is 4.90 Å². The van der Waals surface area contributed by atoms with Gasteiger partial charge in [0, 0.05) is 13.1 Å². The average Bonchev–Trinajstić information content (AvgIpc) is 2.03. The fourth-order valence-corrected chi connectivity index (χ4v) is 1.94. The van der Waals surface area contributed by atoms with Crippen LogP contribution in [0.25, 0.3) is 0 Å². The Balaban J connectivity index is 3.77. The number of hydrogen-bond acceptors (Lipinski definition) is 3. The second-order valence-corrected chi connectivity index (χ2v) is 4.04. The highest BCUT2D eigenvalue weighted by Crippen LogP contribution is 2.08. The van der Waals surface area contributed by atoms with Crippen LogP contribution in [0.4, 0.5) is 0 Å². The van der Waals surface area contributed by atoms with Crippen molar-refractivity contribution in [2.75, 3.05) is 18.8 Å². The van der Waals surface area contributed by atoms with E-state index in [4.69, 9.17) is 12.2 Å². The smallest absolute Gasteiger partial charge is 0.140 e. The van der Waals surface area contributed by atoms with Gasteiger partial charge in [-0.1, -0.05) is 24.0 Å². The van der Waals surface area contributed by atoms with Crippen LogP contribution in [0.1, 0.15) is 20.8 Å². The highest BCUT2D eigenvalue weighted by molar-refractivity contribution is 8.23. The van der Waals surface area contributed by atoms with Gasteiger partial charge in [-0.05, 0) is 20.8 Å². The first kappa shape index (κ1) is 11.9. The van der Waals surface area contributed by atoms with E-state index in [-0.39, 0.29) is 5.78 Å². The largest absolute Gasteiger partial charge is 0.358 e. The predicted molar refractivity (Wildman–Crippen MR) is 58.7 cm³/mol. The molecule has 0 aliphatic carbocycles. The fourth-order valence-electron chi connectivity index (χ4n) is 0.736. The van der Waals surface area contributed by atoms with Crippen LogP contribution in [-0.2, 0) is 4.79 Å². The van der Waals surface area contributed by atoms with Crippen molar-refractivity contribution in [3.8, 4) is 0 Å². The van der Waals surface area contributed by atoms with Gasteiger partial charge in [-0.15, -0.1) is 0 Å². The molecular formula is C8H15NOS2. The maximum absolute atomic E-state index is 10.6. The monoisotopic (exact) mass is 205 g/mol. The topological polar surface area (TPSA) is 20.3 Å². The zero-order valence-corrected chi connectivity index (χ0v) is 9.43. The minimum absolute atomic E-state index is 0.175. The van der Waals surface area contributed by atoms with Crippen molar-refractivity contribution >= 4 is 34.1 Å². The van der Waals surface area contributed by atoms with Crippen LogP contribution in [0.15, 0.2) is 0 Å². The normalized spacial score (nSPS) is 9.58. The van der Waals surface area contributed by atoms with Crippen molar-refractivity contribution in [1.29, 1.82) is 0 Å². The summed E-state index contributed by atoms with van der Waals surface area (Å²) < 4.78 is 0.829. The van der Waals surface area contributed by atoms with Crippen LogP contribution >= 0.6 is 24.0 Å². The Hall–Kier alpha value is -0.0900. The minimum atomic E-state index is 0.175.